The summed E-state index contributed by atoms with van der Waals surface area (Å²) in [5.41, 5.74) is 1.28. The van der Waals surface area contributed by atoms with Gasteiger partial charge in [0.05, 0.1) is 10.6 Å². The van der Waals surface area contributed by atoms with Gasteiger partial charge in [-0.3, -0.25) is 10.1 Å². The van der Waals surface area contributed by atoms with Gasteiger partial charge in [-0.25, -0.2) is 4.98 Å². The first-order valence-corrected chi connectivity index (χ1v) is 6.52. The quantitative estimate of drug-likeness (QED) is 0.518. The average molecular weight is 343 g/mol. The number of rotatable bonds is 4. The summed E-state index contributed by atoms with van der Waals surface area (Å²) in [7, 11) is 0. The van der Waals surface area contributed by atoms with Gasteiger partial charge in [0.15, 0.2) is 5.15 Å². The van der Waals surface area contributed by atoms with Crippen LogP contribution in [0, 0.1) is 10.1 Å². The van der Waals surface area contributed by atoms with Gasteiger partial charge in [-0.05, 0) is 22.0 Å². The number of aromatic nitrogens is 1. The minimum absolute atomic E-state index is 0.0779. The van der Waals surface area contributed by atoms with Crippen molar-refractivity contribution in [3.05, 3.63) is 61.8 Å². The molecule has 2 aromatic rings. The van der Waals surface area contributed by atoms with Crippen molar-refractivity contribution in [2.24, 2.45) is 0 Å². The molecule has 0 bridgehead atoms. The molecule has 1 aromatic heterocycles. The van der Waals surface area contributed by atoms with E-state index in [1.54, 1.807) is 30.5 Å². The van der Waals surface area contributed by atoms with Crippen molar-refractivity contribution in [2.75, 3.05) is 5.32 Å². The van der Waals surface area contributed by atoms with E-state index in [1.165, 1.54) is 6.07 Å². The lowest BCUT2D eigenvalue weighted by Gasteiger charge is -2.08. The Morgan fingerprint density at radius 2 is 2.16 bits per heavy atom. The predicted molar refractivity (Wildman–Crippen MR) is 77.4 cm³/mol. The smallest absolute Gasteiger partial charge is 0.274 e. The average Bonchev–Trinajstić information content (AvgIpc) is 2.40. The summed E-state index contributed by atoms with van der Waals surface area (Å²) in [5, 5.41) is 14.2. The van der Waals surface area contributed by atoms with Crippen LogP contribution >= 0.6 is 27.5 Å². The Kier molecular flexibility index (Phi) is 4.34. The van der Waals surface area contributed by atoms with Crippen LogP contribution in [0.5, 0.6) is 0 Å². The summed E-state index contributed by atoms with van der Waals surface area (Å²) in [4.78, 5) is 14.5. The summed E-state index contributed by atoms with van der Waals surface area (Å²) in [6.07, 6.45) is 1.58. The summed E-state index contributed by atoms with van der Waals surface area (Å²) in [6, 6.07) is 8.33. The van der Waals surface area contributed by atoms with Gasteiger partial charge >= 0.3 is 0 Å². The molecular formula is C12H9BrClN3O2. The molecule has 0 radical (unpaired) electrons. The second-order valence-electron chi connectivity index (χ2n) is 3.73. The number of benzene rings is 1. The monoisotopic (exact) mass is 341 g/mol. The van der Waals surface area contributed by atoms with Crippen LogP contribution in [0.15, 0.2) is 41.0 Å². The lowest BCUT2D eigenvalue weighted by atomic mass is 10.2. The summed E-state index contributed by atoms with van der Waals surface area (Å²) in [6.45, 7) is 0.301. The Hall–Kier alpha value is -1.66. The molecule has 0 aliphatic heterocycles. The number of para-hydroxylation sites is 1. The van der Waals surface area contributed by atoms with Crippen molar-refractivity contribution < 1.29 is 4.92 Å². The van der Waals surface area contributed by atoms with Crippen molar-refractivity contribution in [2.45, 2.75) is 6.54 Å². The van der Waals surface area contributed by atoms with Crippen molar-refractivity contribution in [1.82, 2.24) is 4.98 Å². The second kappa shape index (κ2) is 5.99. The topological polar surface area (TPSA) is 68.1 Å². The summed E-state index contributed by atoms with van der Waals surface area (Å²) < 4.78 is 0.780. The molecule has 1 N–H and O–H groups in total. The van der Waals surface area contributed by atoms with E-state index in [9.17, 15) is 10.1 Å². The van der Waals surface area contributed by atoms with E-state index in [0.29, 0.717) is 22.9 Å². The molecule has 2 rings (SSSR count). The Labute approximate surface area is 122 Å². The molecule has 1 heterocycles. The first-order valence-electron chi connectivity index (χ1n) is 5.35. The number of nitrogens with one attached hydrogen (secondary N) is 1. The van der Waals surface area contributed by atoms with Crippen LogP contribution in [0.3, 0.4) is 0 Å². The third kappa shape index (κ3) is 3.42. The van der Waals surface area contributed by atoms with Gasteiger partial charge in [0.25, 0.3) is 5.69 Å². The molecule has 1 aromatic carbocycles. The first-order chi connectivity index (χ1) is 9.08. The molecule has 0 fully saturated rings. The highest BCUT2D eigenvalue weighted by Gasteiger charge is 2.12. The molecule has 0 aliphatic rings. The van der Waals surface area contributed by atoms with E-state index >= 15 is 0 Å². The van der Waals surface area contributed by atoms with Gasteiger partial charge < -0.3 is 5.32 Å². The molecule has 19 heavy (non-hydrogen) atoms. The van der Waals surface area contributed by atoms with Crippen LogP contribution in [-0.2, 0) is 6.54 Å². The van der Waals surface area contributed by atoms with Crippen LogP contribution in [0.2, 0.25) is 5.15 Å². The summed E-state index contributed by atoms with van der Waals surface area (Å²) >= 11 is 9.23. The van der Waals surface area contributed by atoms with E-state index in [-0.39, 0.29) is 5.69 Å². The highest BCUT2D eigenvalue weighted by molar-refractivity contribution is 9.10. The molecule has 0 saturated heterocycles. The van der Waals surface area contributed by atoms with Gasteiger partial charge in [0, 0.05) is 28.8 Å². The Balaban J connectivity index is 2.19. The molecular weight excluding hydrogens is 334 g/mol. The number of hydrogen-bond acceptors (Lipinski definition) is 4. The molecule has 0 atom stereocenters. The Morgan fingerprint density at radius 1 is 1.42 bits per heavy atom. The third-order valence-electron chi connectivity index (χ3n) is 2.46. The zero-order valence-electron chi connectivity index (χ0n) is 9.64. The molecule has 98 valence electrons. The Bertz CT molecular complexity index is 622. The maximum absolute atomic E-state index is 10.9. The normalized spacial score (nSPS) is 10.2. The fraction of sp³-hybridized carbons (Fsp3) is 0.0833. The van der Waals surface area contributed by atoms with Crippen molar-refractivity contribution >= 4 is 38.9 Å². The van der Waals surface area contributed by atoms with Crippen molar-refractivity contribution in [3.8, 4) is 0 Å². The standard InChI is InChI=1S/C12H9BrClN3O2/c13-9-5-10(12(14)16-7-9)15-6-8-3-1-2-4-11(8)17(18)19/h1-5,7,15H,6H2. The highest BCUT2D eigenvalue weighted by Crippen LogP contribution is 2.25. The van der Waals surface area contributed by atoms with E-state index < -0.39 is 4.92 Å². The molecule has 7 heteroatoms. The van der Waals surface area contributed by atoms with Crippen molar-refractivity contribution in [3.63, 3.8) is 0 Å². The third-order valence-corrected chi connectivity index (χ3v) is 3.20. The lowest BCUT2D eigenvalue weighted by molar-refractivity contribution is -0.385. The number of nitrogens with zero attached hydrogens (tertiary/aromatic N) is 2. The largest absolute Gasteiger partial charge is 0.378 e. The maximum Gasteiger partial charge on any atom is 0.274 e. The number of nitro groups is 1. The van der Waals surface area contributed by atoms with E-state index in [1.807, 2.05) is 0 Å². The second-order valence-corrected chi connectivity index (χ2v) is 5.00. The first kappa shape index (κ1) is 13.8. The van der Waals surface area contributed by atoms with Crippen LogP contribution < -0.4 is 5.32 Å². The number of pyridine rings is 1. The lowest BCUT2D eigenvalue weighted by Crippen LogP contribution is -2.03. The molecule has 0 saturated carbocycles. The highest BCUT2D eigenvalue weighted by atomic mass is 79.9. The van der Waals surface area contributed by atoms with Gasteiger partial charge in [0.1, 0.15) is 0 Å². The number of hydrogen-bond donors (Lipinski definition) is 1. The van der Waals surface area contributed by atoms with Crippen LogP contribution in [0.4, 0.5) is 11.4 Å². The van der Waals surface area contributed by atoms with E-state index in [4.69, 9.17) is 11.6 Å². The maximum atomic E-state index is 10.9. The molecule has 0 amide bonds. The zero-order chi connectivity index (χ0) is 13.8. The molecule has 5 nitrogen and oxygen atoms in total. The fourth-order valence-corrected chi connectivity index (χ4v) is 2.08. The van der Waals surface area contributed by atoms with Gasteiger partial charge in [-0.2, -0.15) is 0 Å². The van der Waals surface area contributed by atoms with Gasteiger partial charge in [-0.1, -0.05) is 29.8 Å². The predicted octanol–water partition coefficient (Wildman–Crippen LogP) is 4.02. The van der Waals surface area contributed by atoms with Gasteiger partial charge in [0.2, 0.25) is 0 Å². The number of anilines is 1. The summed E-state index contributed by atoms with van der Waals surface area (Å²) in [5.74, 6) is 0. The molecule has 0 spiro atoms. The van der Waals surface area contributed by atoms with Crippen molar-refractivity contribution in [1.29, 1.82) is 0 Å². The minimum Gasteiger partial charge on any atom is -0.378 e. The number of halogens is 2. The SMILES string of the molecule is O=[N+]([O-])c1ccccc1CNc1cc(Br)cnc1Cl. The van der Waals surface area contributed by atoms with Crippen LogP contribution in [-0.4, -0.2) is 9.91 Å². The van der Waals surface area contributed by atoms with E-state index in [0.717, 1.165) is 4.47 Å². The fourth-order valence-electron chi connectivity index (χ4n) is 1.58. The molecule has 0 aliphatic carbocycles. The van der Waals surface area contributed by atoms with Crippen LogP contribution in [0.1, 0.15) is 5.56 Å². The zero-order valence-corrected chi connectivity index (χ0v) is 12.0. The number of nitro benzene ring substituents is 1. The van der Waals surface area contributed by atoms with Gasteiger partial charge in [-0.15, -0.1) is 0 Å². The molecule has 0 unspecified atom stereocenters. The Morgan fingerprint density at radius 3 is 2.89 bits per heavy atom. The van der Waals surface area contributed by atoms with Crippen LogP contribution in [0.25, 0.3) is 0 Å². The van der Waals surface area contributed by atoms with E-state index in [2.05, 4.69) is 26.2 Å². The minimum atomic E-state index is -0.405.